The zero-order chi connectivity index (χ0) is 8.69. The SMILES string of the molecule is CCC/C=C(\C)C(=O)NCC. The lowest BCUT2D eigenvalue weighted by molar-refractivity contribution is -0.117. The van der Waals surface area contributed by atoms with E-state index in [1.807, 2.05) is 19.9 Å². The van der Waals surface area contributed by atoms with Gasteiger partial charge in [0.15, 0.2) is 0 Å². The molecular weight excluding hydrogens is 138 g/mol. The van der Waals surface area contributed by atoms with Crippen molar-refractivity contribution in [2.45, 2.75) is 33.6 Å². The second kappa shape index (κ2) is 5.96. The fourth-order valence-corrected chi connectivity index (χ4v) is 0.754. The second-order valence-corrected chi connectivity index (χ2v) is 2.54. The number of amides is 1. The summed E-state index contributed by atoms with van der Waals surface area (Å²) in [7, 11) is 0. The smallest absolute Gasteiger partial charge is 0.246 e. The normalized spacial score (nSPS) is 11.4. The summed E-state index contributed by atoms with van der Waals surface area (Å²) in [5, 5.41) is 2.75. The number of carbonyl (C=O) groups is 1. The van der Waals surface area contributed by atoms with Crippen LogP contribution in [0.4, 0.5) is 0 Å². The second-order valence-electron chi connectivity index (χ2n) is 2.54. The molecule has 0 aliphatic heterocycles. The van der Waals surface area contributed by atoms with Crippen molar-refractivity contribution in [1.82, 2.24) is 5.32 Å². The summed E-state index contributed by atoms with van der Waals surface area (Å²) in [6.07, 6.45) is 4.06. The van der Waals surface area contributed by atoms with Crippen LogP contribution in [-0.4, -0.2) is 12.5 Å². The van der Waals surface area contributed by atoms with Crippen molar-refractivity contribution in [3.63, 3.8) is 0 Å². The predicted molar refractivity (Wildman–Crippen MR) is 47.3 cm³/mol. The number of carbonyl (C=O) groups excluding carboxylic acids is 1. The number of hydrogen-bond acceptors (Lipinski definition) is 1. The summed E-state index contributed by atoms with van der Waals surface area (Å²) in [6.45, 7) is 6.57. The van der Waals surface area contributed by atoms with Gasteiger partial charge in [0.1, 0.15) is 0 Å². The summed E-state index contributed by atoms with van der Waals surface area (Å²) in [5.74, 6) is 0.0564. The molecule has 0 saturated heterocycles. The Hall–Kier alpha value is -0.790. The maximum atomic E-state index is 11.1. The Balaban J connectivity index is 3.80. The van der Waals surface area contributed by atoms with Crippen LogP contribution in [0.1, 0.15) is 33.6 Å². The largest absolute Gasteiger partial charge is 0.353 e. The van der Waals surface area contributed by atoms with Crippen LogP contribution in [0.2, 0.25) is 0 Å². The fraction of sp³-hybridized carbons (Fsp3) is 0.667. The van der Waals surface area contributed by atoms with Crippen molar-refractivity contribution >= 4 is 5.91 Å². The summed E-state index contributed by atoms with van der Waals surface area (Å²) >= 11 is 0. The molecule has 0 unspecified atom stereocenters. The molecule has 0 heterocycles. The van der Waals surface area contributed by atoms with Gasteiger partial charge < -0.3 is 5.32 Å². The monoisotopic (exact) mass is 155 g/mol. The van der Waals surface area contributed by atoms with Crippen LogP contribution >= 0.6 is 0 Å². The van der Waals surface area contributed by atoms with E-state index >= 15 is 0 Å². The Labute approximate surface area is 68.7 Å². The van der Waals surface area contributed by atoms with Crippen molar-refractivity contribution < 1.29 is 4.79 Å². The molecule has 64 valence electrons. The van der Waals surface area contributed by atoms with Crippen LogP contribution in [0, 0.1) is 0 Å². The molecule has 0 aromatic rings. The maximum Gasteiger partial charge on any atom is 0.246 e. The van der Waals surface area contributed by atoms with Crippen molar-refractivity contribution in [3.8, 4) is 0 Å². The van der Waals surface area contributed by atoms with Gasteiger partial charge in [-0.2, -0.15) is 0 Å². The zero-order valence-corrected chi connectivity index (χ0v) is 7.61. The Morgan fingerprint density at radius 2 is 2.09 bits per heavy atom. The fourth-order valence-electron chi connectivity index (χ4n) is 0.754. The van der Waals surface area contributed by atoms with Crippen molar-refractivity contribution in [2.24, 2.45) is 0 Å². The van der Waals surface area contributed by atoms with E-state index in [4.69, 9.17) is 0 Å². The minimum absolute atomic E-state index is 0.0564. The van der Waals surface area contributed by atoms with Gasteiger partial charge in [0.05, 0.1) is 0 Å². The molecule has 1 N–H and O–H groups in total. The van der Waals surface area contributed by atoms with Gasteiger partial charge in [-0.05, 0) is 20.3 Å². The first kappa shape index (κ1) is 10.2. The Morgan fingerprint density at radius 3 is 2.55 bits per heavy atom. The first-order chi connectivity index (χ1) is 5.22. The summed E-state index contributed by atoms with van der Waals surface area (Å²) in [4.78, 5) is 11.1. The first-order valence-electron chi connectivity index (χ1n) is 4.17. The van der Waals surface area contributed by atoms with E-state index in [2.05, 4.69) is 12.2 Å². The average Bonchev–Trinajstić information content (AvgIpc) is 2.00. The van der Waals surface area contributed by atoms with E-state index in [1.54, 1.807) is 0 Å². The van der Waals surface area contributed by atoms with E-state index in [-0.39, 0.29) is 5.91 Å². The molecule has 0 aliphatic rings. The van der Waals surface area contributed by atoms with Gasteiger partial charge in [-0.15, -0.1) is 0 Å². The lowest BCUT2D eigenvalue weighted by Crippen LogP contribution is -2.23. The average molecular weight is 155 g/mol. The molecule has 0 aromatic carbocycles. The van der Waals surface area contributed by atoms with Crippen LogP contribution in [0.15, 0.2) is 11.6 Å². The van der Waals surface area contributed by atoms with E-state index in [9.17, 15) is 4.79 Å². The number of nitrogens with one attached hydrogen (secondary N) is 1. The molecule has 1 amide bonds. The van der Waals surface area contributed by atoms with E-state index in [1.165, 1.54) is 0 Å². The lowest BCUT2D eigenvalue weighted by atomic mass is 10.2. The Bertz CT molecular complexity index is 150. The summed E-state index contributed by atoms with van der Waals surface area (Å²) in [5.41, 5.74) is 0.828. The number of allylic oxidation sites excluding steroid dienone is 1. The summed E-state index contributed by atoms with van der Waals surface area (Å²) < 4.78 is 0. The molecule has 0 radical (unpaired) electrons. The molecule has 0 bridgehead atoms. The highest BCUT2D eigenvalue weighted by Crippen LogP contribution is 1.97. The molecular formula is C9H17NO. The molecule has 11 heavy (non-hydrogen) atoms. The van der Waals surface area contributed by atoms with Crippen LogP contribution < -0.4 is 5.32 Å². The van der Waals surface area contributed by atoms with Crippen molar-refractivity contribution in [1.29, 1.82) is 0 Å². The van der Waals surface area contributed by atoms with E-state index in [0.717, 1.165) is 18.4 Å². The van der Waals surface area contributed by atoms with Gasteiger partial charge in [-0.3, -0.25) is 4.79 Å². The molecule has 0 aromatic heterocycles. The number of likely N-dealkylation sites (N-methyl/N-ethyl adjacent to an activating group) is 1. The highest BCUT2D eigenvalue weighted by molar-refractivity contribution is 5.92. The highest BCUT2D eigenvalue weighted by atomic mass is 16.1. The number of unbranched alkanes of at least 4 members (excludes halogenated alkanes) is 1. The molecule has 0 fully saturated rings. The van der Waals surface area contributed by atoms with E-state index < -0.39 is 0 Å². The van der Waals surface area contributed by atoms with Crippen LogP contribution in [0.25, 0.3) is 0 Å². The van der Waals surface area contributed by atoms with Gasteiger partial charge in [0.25, 0.3) is 0 Å². The minimum atomic E-state index is 0.0564. The maximum absolute atomic E-state index is 11.1. The molecule has 0 atom stereocenters. The third kappa shape index (κ3) is 4.59. The predicted octanol–water partition coefficient (Wildman–Crippen LogP) is 1.87. The lowest BCUT2D eigenvalue weighted by Gasteiger charge is -2.00. The van der Waals surface area contributed by atoms with E-state index in [0.29, 0.717) is 6.54 Å². The molecule has 0 rings (SSSR count). The van der Waals surface area contributed by atoms with Gasteiger partial charge in [0, 0.05) is 12.1 Å². The first-order valence-corrected chi connectivity index (χ1v) is 4.17. The molecule has 0 saturated carbocycles. The van der Waals surface area contributed by atoms with Crippen LogP contribution in [-0.2, 0) is 4.79 Å². The van der Waals surface area contributed by atoms with Gasteiger partial charge in [-0.25, -0.2) is 0 Å². The molecule has 0 spiro atoms. The van der Waals surface area contributed by atoms with Crippen molar-refractivity contribution in [2.75, 3.05) is 6.54 Å². The third-order valence-corrected chi connectivity index (χ3v) is 1.43. The molecule has 2 heteroatoms. The van der Waals surface area contributed by atoms with Gasteiger partial charge in [-0.1, -0.05) is 19.4 Å². The van der Waals surface area contributed by atoms with Gasteiger partial charge >= 0.3 is 0 Å². The molecule has 0 aliphatic carbocycles. The Kier molecular flexibility index (Phi) is 5.53. The van der Waals surface area contributed by atoms with Crippen LogP contribution in [0.5, 0.6) is 0 Å². The van der Waals surface area contributed by atoms with Gasteiger partial charge in [0.2, 0.25) is 5.91 Å². The topological polar surface area (TPSA) is 29.1 Å². The third-order valence-electron chi connectivity index (χ3n) is 1.43. The standard InChI is InChI=1S/C9H17NO/c1-4-6-7-8(3)9(11)10-5-2/h7H,4-6H2,1-3H3,(H,10,11)/b8-7+. The number of rotatable bonds is 4. The van der Waals surface area contributed by atoms with Crippen molar-refractivity contribution in [3.05, 3.63) is 11.6 Å². The summed E-state index contributed by atoms with van der Waals surface area (Å²) in [6, 6.07) is 0. The highest BCUT2D eigenvalue weighted by Gasteiger charge is 1.99. The minimum Gasteiger partial charge on any atom is -0.353 e. The Morgan fingerprint density at radius 1 is 1.45 bits per heavy atom. The number of hydrogen-bond donors (Lipinski definition) is 1. The zero-order valence-electron chi connectivity index (χ0n) is 7.61. The molecule has 2 nitrogen and oxygen atoms in total. The van der Waals surface area contributed by atoms with Crippen LogP contribution in [0.3, 0.4) is 0 Å². The quantitative estimate of drug-likeness (QED) is 0.617.